The zero-order valence-corrected chi connectivity index (χ0v) is 19.6. The second-order valence-corrected chi connectivity index (χ2v) is 10.8. The monoisotopic (exact) mass is 479 g/mol. The molecule has 1 amide bonds. The highest BCUT2D eigenvalue weighted by Crippen LogP contribution is 2.28. The van der Waals surface area contributed by atoms with Crippen molar-refractivity contribution >= 4 is 33.2 Å². The first-order chi connectivity index (χ1) is 15.3. The lowest BCUT2D eigenvalue weighted by Crippen LogP contribution is -2.48. The number of piperidine rings is 1. The molecule has 0 atom stereocenters. The topological polar surface area (TPSA) is 60.9 Å². The Morgan fingerprint density at radius 1 is 0.969 bits per heavy atom. The molecule has 2 saturated heterocycles. The second-order valence-electron chi connectivity index (χ2n) is 8.48. The number of sulfonamides is 1. The Bertz CT molecular complexity index is 1080. The Labute approximate surface area is 193 Å². The Kier molecular flexibility index (Phi) is 6.74. The van der Waals surface area contributed by atoms with E-state index in [0.717, 1.165) is 18.5 Å². The molecule has 0 aliphatic carbocycles. The lowest BCUT2D eigenvalue weighted by atomic mass is 10.0. The highest BCUT2D eigenvalue weighted by molar-refractivity contribution is 7.89. The highest BCUT2D eigenvalue weighted by Gasteiger charge is 2.30. The molecule has 0 bridgehead atoms. The van der Waals surface area contributed by atoms with E-state index in [1.54, 1.807) is 17.0 Å². The summed E-state index contributed by atoms with van der Waals surface area (Å²) in [7, 11) is -3.67. The smallest absolute Gasteiger partial charge is 0.255 e. The van der Waals surface area contributed by atoms with Gasteiger partial charge in [0.1, 0.15) is 5.82 Å². The van der Waals surface area contributed by atoms with E-state index in [4.69, 9.17) is 11.6 Å². The van der Waals surface area contributed by atoms with Gasteiger partial charge < -0.3 is 9.80 Å². The standard InChI is InChI=1S/C23H27ClFN3O3S/c1-17-8-10-28(11-9-17)32(30,31)20-6-7-22(24)21(16-20)23(29)27-14-12-26(13-15-27)19-4-2-18(25)3-5-19/h2-7,16-17H,8-15H2,1H3. The molecule has 0 N–H and O–H groups in total. The van der Waals surface area contributed by atoms with Crippen LogP contribution in [0.2, 0.25) is 5.02 Å². The third-order valence-corrected chi connectivity index (χ3v) is 8.53. The molecular weight excluding hydrogens is 453 g/mol. The van der Waals surface area contributed by atoms with Crippen LogP contribution in [-0.4, -0.2) is 62.8 Å². The molecule has 32 heavy (non-hydrogen) atoms. The number of hydrogen-bond acceptors (Lipinski definition) is 4. The fourth-order valence-electron chi connectivity index (χ4n) is 4.19. The fraction of sp³-hybridized carbons (Fsp3) is 0.435. The van der Waals surface area contributed by atoms with Crippen molar-refractivity contribution in [2.24, 2.45) is 5.92 Å². The molecule has 4 rings (SSSR count). The number of carbonyl (C=O) groups excluding carboxylic acids is 1. The first-order valence-electron chi connectivity index (χ1n) is 10.8. The summed E-state index contributed by atoms with van der Waals surface area (Å²) >= 11 is 6.30. The number of carbonyl (C=O) groups is 1. The van der Waals surface area contributed by atoms with E-state index in [1.165, 1.54) is 34.6 Å². The summed E-state index contributed by atoms with van der Waals surface area (Å²) in [6.07, 6.45) is 1.66. The van der Waals surface area contributed by atoms with Gasteiger partial charge in [0.25, 0.3) is 5.91 Å². The van der Waals surface area contributed by atoms with Gasteiger partial charge in [-0.05, 0) is 61.2 Å². The maximum Gasteiger partial charge on any atom is 0.255 e. The number of anilines is 1. The van der Waals surface area contributed by atoms with E-state index in [9.17, 15) is 17.6 Å². The first kappa shape index (κ1) is 23.0. The van der Waals surface area contributed by atoms with Crippen molar-refractivity contribution in [2.75, 3.05) is 44.2 Å². The number of benzene rings is 2. The Balaban J connectivity index is 1.48. The minimum absolute atomic E-state index is 0.102. The molecule has 0 aromatic heterocycles. The minimum Gasteiger partial charge on any atom is -0.368 e. The SMILES string of the molecule is CC1CCN(S(=O)(=O)c2ccc(Cl)c(C(=O)N3CCN(c4ccc(F)cc4)CC3)c2)CC1. The van der Waals surface area contributed by atoms with Crippen molar-refractivity contribution < 1.29 is 17.6 Å². The summed E-state index contributed by atoms with van der Waals surface area (Å²) in [5.74, 6) is -0.0541. The molecule has 2 aliphatic heterocycles. The minimum atomic E-state index is -3.67. The van der Waals surface area contributed by atoms with Gasteiger partial charge in [0.05, 0.1) is 15.5 Å². The van der Waals surface area contributed by atoms with Crippen LogP contribution in [0.3, 0.4) is 0 Å². The summed E-state index contributed by atoms with van der Waals surface area (Å²) in [4.78, 5) is 17.0. The lowest BCUT2D eigenvalue weighted by Gasteiger charge is -2.36. The van der Waals surface area contributed by atoms with Crippen LogP contribution in [0.4, 0.5) is 10.1 Å². The molecule has 9 heteroatoms. The second kappa shape index (κ2) is 9.37. The Hall–Kier alpha value is -2.16. The van der Waals surface area contributed by atoms with Crippen LogP contribution in [0.1, 0.15) is 30.1 Å². The van der Waals surface area contributed by atoms with Crippen LogP contribution < -0.4 is 4.90 Å². The molecule has 6 nitrogen and oxygen atoms in total. The third kappa shape index (κ3) is 4.77. The van der Waals surface area contributed by atoms with E-state index in [-0.39, 0.29) is 27.2 Å². The summed E-state index contributed by atoms with van der Waals surface area (Å²) < 4.78 is 40.9. The number of piperazine rings is 1. The summed E-state index contributed by atoms with van der Waals surface area (Å²) in [6, 6.07) is 10.6. The van der Waals surface area contributed by atoms with Gasteiger partial charge in [0, 0.05) is 45.0 Å². The van der Waals surface area contributed by atoms with Gasteiger partial charge in [-0.1, -0.05) is 18.5 Å². The third-order valence-electron chi connectivity index (χ3n) is 6.31. The van der Waals surface area contributed by atoms with Crippen molar-refractivity contribution in [3.8, 4) is 0 Å². The van der Waals surface area contributed by atoms with Crippen LogP contribution in [0.15, 0.2) is 47.4 Å². The van der Waals surface area contributed by atoms with Crippen molar-refractivity contribution in [1.29, 1.82) is 0 Å². The van der Waals surface area contributed by atoms with E-state index in [2.05, 4.69) is 11.8 Å². The lowest BCUT2D eigenvalue weighted by molar-refractivity contribution is 0.0746. The van der Waals surface area contributed by atoms with Crippen LogP contribution in [0, 0.1) is 11.7 Å². The zero-order chi connectivity index (χ0) is 22.9. The molecular formula is C23H27ClFN3O3S. The van der Waals surface area contributed by atoms with Crippen molar-refractivity contribution in [2.45, 2.75) is 24.7 Å². The van der Waals surface area contributed by atoms with Crippen molar-refractivity contribution in [3.05, 3.63) is 58.9 Å². The van der Waals surface area contributed by atoms with Gasteiger partial charge in [-0.2, -0.15) is 4.31 Å². The van der Waals surface area contributed by atoms with Crippen molar-refractivity contribution in [3.63, 3.8) is 0 Å². The van der Waals surface area contributed by atoms with E-state index in [1.807, 2.05) is 0 Å². The number of nitrogens with zero attached hydrogens (tertiary/aromatic N) is 3. The number of rotatable bonds is 4. The van der Waals surface area contributed by atoms with Crippen LogP contribution in [0.5, 0.6) is 0 Å². The Morgan fingerprint density at radius 2 is 1.59 bits per heavy atom. The first-order valence-corrected chi connectivity index (χ1v) is 12.7. The maximum absolute atomic E-state index is 13.2. The molecule has 0 saturated carbocycles. The van der Waals surface area contributed by atoms with E-state index < -0.39 is 10.0 Å². The molecule has 0 unspecified atom stereocenters. The van der Waals surface area contributed by atoms with Crippen LogP contribution >= 0.6 is 11.6 Å². The summed E-state index contributed by atoms with van der Waals surface area (Å²) in [5, 5.41) is 0.238. The maximum atomic E-state index is 13.2. The quantitative estimate of drug-likeness (QED) is 0.668. The largest absolute Gasteiger partial charge is 0.368 e. The molecule has 0 spiro atoms. The average molecular weight is 480 g/mol. The van der Waals surface area contributed by atoms with E-state index >= 15 is 0 Å². The van der Waals surface area contributed by atoms with Gasteiger partial charge in [0.15, 0.2) is 0 Å². The fourth-order valence-corrected chi connectivity index (χ4v) is 5.89. The molecule has 2 aromatic carbocycles. The van der Waals surface area contributed by atoms with Gasteiger partial charge in [-0.25, -0.2) is 12.8 Å². The molecule has 2 fully saturated rings. The zero-order valence-electron chi connectivity index (χ0n) is 18.0. The normalized spacial score (nSPS) is 18.7. The molecule has 2 heterocycles. The highest BCUT2D eigenvalue weighted by atomic mass is 35.5. The van der Waals surface area contributed by atoms with Gasteiger partial charge >= 0.3 is 0 Å². The molecule has 0 radical (unpaired) electrons. The van der Waals surface area contributed by atoms with Crippen LogP contribution in [0.25, 0.3) is 0 Å². The summed E-state index contributed by atoms with van der Waals surface area (Å²) in [6.45, 7) is 5.22. The predicted octanol–water partition coefficient (Wildman–Crippen LogP) is 3.86. The molecule has 172 valence electrons. The number of halogens is 2. The van der Waals surface area contributed by atoms with Crippen LogP contribution in [-0.2, 0) is 10.0 Å². The molecule has 2 aliphatic rings. The van der Waals surface area contributed by atoms with Crippen molar-refractivity contribution in [1.82, 2.24) is 9.21 Å². The van der Waals surface area contributed by atoms with Gasteiger partial charge in [0.2, 0.25) is 10.0 Å². The summed E-state index contributed by atoms with van der Waals surface area (Å²) in [5.41, 5.74) is 1.11. The number of amides is 1. The Morgan fingerprint density at radius 3 is 2.22 bits per heavy atom. The predicted molar refractivity (Wildman–Crippen MR) is 123 cm³/mol. The van der Waals surface area contributed by atoms with E-state index in [0.29, 0.717) is 45.2 Å². The van der Waals surface area contributed by atoms with Gasteiger partial charge in [-0.3, -0.25) is 4.79 Å². The van der Waals surface area contributed by atoms with Gasteiger partial charge in [-0.15, -0.1) is 0 Å². The molecule has 2 aromatic rings. The number of hydrogen-bond donors (Lipinski definition) is 0. The average Bonchev–Trinajstić information content (AvgIpc) is 2.80.